The zero-order valence-electron chi connectivity index (χ0n) is 13.4. The Morgan fingerprint density at radius 2 is 1.91 bits per heavy atom. The molecular formula is C18H25NO3. The number of benzene rings is 1. The van der Waals surface area contributed by atoms with Crippen LogP contribution >= 0.6 is 0 Å². The molecule has 120 valence electrons. The molecule has 0 unspecified atom stereocenters. The first-order valence-electron chi connectivity index (χ1n) is 7.91. The highest BCUT2D eigenvalue weighted by Gasteiger charge is 2.13. The fraction of sp³-hybridized carbons (Fsp3) is 0.500. The lowest BCUT2D eigenvalue weighted by Gasteiger charge is -2.21. The molecule has 0 heterocycles. The van der Waals surface area contributed by atoms with E-state index in [0.717, 1.165) is 12.1 Å². The summed E-state index contributed by atoms with van der Waals surface area (Å²) in [6.45, 7) is 0.787. The van der Waals surface area contributed by atoms with E-state index in [0.29, 0.717) is 17.4 Å². The molecule has 4 nitrogen and oxygen atoms in total. The van der Waals surface area contributed by atoms with E-state index < -0.39 is 0 Å². The Balaban J connectivity index is 1.86. The van der Waals surface area contributed by atoms with Gasteiger partial charge in [-0.25, -0.2) is 0 Å². The van der Waals surface area contributed by atoms with Crippen molar-refractivity contribution in [3.05, 3.63) is 29.8 Å². The zero-order chi connectivity index (χ0) is 15.8. The summed E-state index contributed by atoms with van der Waals surface area (Å²) < 4.78 is 10.4. The van der Waals surface area contributed by atoms with Crippen LogP contribution in [0, 0.1) is 5.92 Å². The van der Waals surface area contributed by atoms with Crippen LogP contribution in [0.15, 0.2) is 24.3 Å². The van der Waals surface area contributed by atoms with Crippen LogP contribution in [0.4, 0.5) is 0 Å². The standard InChI is InChI=1S/C18H25NO3/c1-21-16-10-8-14(12-17(16)22-2)9-11-18(20)19-13-15-6-4-3-5-7-15/h8-12,15H,3-7,13H2,1-2H3,(H,19,20). The second-order valence-corrected chi connectivity index (χ2v) is 5.70. The number of rotatable bonds is 6. The van der Waals surface area contributed by atoms with Gasteiger partial charge < -0.3 is 14.8 Å². The minimum Gasteiger partial charge on any atom is -0.493 e. The molecule has 2 rings (SSSR count). The van der Waals surface area contributed by atoms with E-state index >= 15 is 0 Å². The highest BCUT2D eigenvalue weighted by atomic mass is 16.5. The predicted octanol–water partition coefficient (Wildman–Crippen LogP) is 3.41. The SMILES string of the molecule is COc1ccc(C=CC(=O)NCC2CCCCC2)cc1OC. The number of nitrogens with one attached hydrogen (secondary N) is 1. The van der Waals surface area contributed by atoms with Gasteiger partial charge in [0.15, 0.2) is 11.5 Å². The van der Waals surface area contributed by atoms with Gasteiger partial charge in [0.05, 0.1) is 14.2 Å². The van der Waals surface area contributed by atoms with Crippen molar-refractivity contribution in [2.24, 2.45) is 5.92 Å². The monoisotopic (exact) mass is 303 g/mol. The van der Waals surface area contributed by atoms with Crippen LogP contribution < -0.4 is 14.8 Å². The average molecular weight is 303 g/mol. The van der Waals surface area contributed by atoms with Gasteiger partial charge in [0.1, 0.15) is 0 Å². The Morgan fingerprint density at radius 3 is 2.59 bits per heavy atom. The number of carbonyl (C=O) groups is 1. The molecule has 4 heteroatoms. The third-order valence-corrected chi connectivity index (χ3v) is 4.12. The smallest absolute Gasteiger partial charge is 0.244 e. The summed E-state index contributed by atoms with van der Waals surface area (Å²) >= 11 is 0. The molecule has 0 bridgehead atoms. The quantitative estimate of drug-likeness (QED) is 0.819. The number of ether oxygens (including phenoxy) is 2. The topological polar surface area (TPSA) is 47.6 Å². The molecule has 1 fully saturated rings. The Kier molecular flexibility index (Phi) is 6.31. The normalized spacial score (nSPS) is 15.7. The van der Waals surface area contributed by atoms with Gasteiger partial charge in [-0.15, -0.1) is 0 Å². The molecule has 22 heavy (non-hydrogen) atoms. The third-order valence-electron chi connectivity index (χ3n) is 4.12. The van der Waals surface area contributed by atoms with Gasteiger partial charge in [0.25, 0.3) is 0 Å². The molecule has 1 aromatic carbocycles. The largest absolute Gasteiger partial charge is 0.493 e. The second kappa shape index (κ2) is 8.47. The van der Waals surface area contributed by atoms with E-state index in [2.05, 4.69) is 5.32 Å². The molecule has 1 aliphatic rings. The first kappa shape index (κ1) is 16.4. The van der Waals surface area contributed by atoms with Gasteiger partial charge in [-0.2, -0.15) is 0 Å². The van der Waals surface area contributed by atoms with Crippen molar-refractivity contribution < 1.29 is 14.3 Å². The summed E-state index contributed by atoms with van der Waals surface area (Å²) in [5.41, 5.74) is 0.908. The van der Waals surface area contributed by atoms with Gasteiger partial charge in [-0.05, 0) is 42.5 Å². The molecule has 0 radical (unpaired) electrons. The molecule has 1 aromatic rings. The highest BCUT2D eigenvalue weighted by Crippen LogP contribution is 2.28. The maximum atomic E-state index is 11.9. The first-order valence-corrected chi connectivity index (χ1v) is 7.91. The van der Waals surface area contributed by atoms with Crippen molar-refractivity contribution in [3.8, 4) is 11.5 Å². The molecule has 1 amide bonds. The van der Waals surface area contributed by atoms with Crippen molar-refractivity contribution in [2.45, 2.75) is 32.1 Å². The fourth-order valence-electron chi connectivity index (χ4n) is 2.82. The summed E-state index contributed by atoms with van der Waals surface area (Å²) in [5, 5.41) is 2.99. The number of methoxy groups -OCH3 is 2. The predicted molar refractivity (Wildman–Crippen MR) is 88.2 cm³/mol. The summed E-state index contributed by atoms with van der Waals surface area (Å²) in [4.78, 5) is 11.9. The maximum absolute atomic E-state index is 11.9. The van der Waals surface area contributed by atoms with Crippen molar-refractivity contribution in [1.29, 1.82) is 0 Å². The van der Waals surface area contributed by atoms with Gasteiger partial charge in [-0.1, -0.05) is 25.3 Å². The lowest BCUT2D eigenvalue weighted by atomic mass is 9.89. The minimum atomic E-state index is -0.0413. The molecular weight excluding hydrogens is 278 g/mol. The Hall–Kier alpha value is -1.97. The molecule has 0 atom stereocenters. The molecule has 0 spiro atoms. The molecule has 0 aromatic heterocycles. The van der Waals surface area contributed by atoms with Crippen LogP contribution in [0.3, 0.4) is 0 Å². The molecule has 1 N–H and O–H groups in total. The summed E-state index contributed by atoms with van der Waals surface area (Å²) in [6.07, 6.45) is 9.76. The zero-order valence-corrected chi connectivity index (χ0v) is 13.4. The van der Waals surface area contributed by atoms with E-state index in [1.165, 1.54) is 32.1 Å². The van der Waals surface area contributed by atoms with Crippen LogP contribution in [-0.4, -0.2) is 26.7 Å². The Morgan fingerprint density at radius 1 is 1.18 bits per heavy atom. The lowest BCUT2D eigenvalue weighted by Crippen LogP contribution is -2.28. The van der Waals surface area contributed by atoms with Crippen molar-refractivity contribution >= 4 is 12.0 Å². The first-order chi connectivity index (χ1) is 10.7. The summed E-state index contributed by atoms with van der Waals surface area (Å²) in [7, 11) is 3.20. The number of carbonyl (C=O) groups excluding carboxylic acids is 1. The van der Waals surface area contributed by atoms with E-state index in [4.69, 9.17) is 9.47 Å². The Labute approximate surface area is 132 Å². The minimum absolute atomic E-state index is 0.0413. The average Bonchev–Trinajstić information content (AvgIpc) is 2.58. The number of hydrogen-bond donors (Lipinski definition) is 1. The Bertz CT molecular complexity index is 519. The number of hydrogen-bond acceptors (Lipinski definition) is 3. The van der Waals surface area contributed by atoms with E-state index in [9.17, 15) is 4.79 Å². The molecule has 1 saturated carbocycles. The second-order valence-electron chi connectivity index (χ2n) is 5.70. The van der Waals surface area contributed by atoms with Gasteiger partial charge in [0.2, 0.25) is 5.91 Å². The van der Waals surface area contributed by atoms with E-state index in [-0.39, 0.29) is 5.91 Å². The van der Waals surface area contributed by atoms with Crippen LogP contribution in [0.1, 0.15) is 37.7 Å². The summed E-state index contributed by atoms with van der Waals surface area (Å²) in [6, 6.07) is 5.58. The number of amides is 1. The van der Waals surface area contributed by atoms with Gasteiger partial charge in [0, 0.05) is 12.6 Å². The van der Waals surface area contributed by atoms with Crippen LogP contribution in [-0.2, 0) is 4.79 Å². The van der Waals surface area contributed by atoms with Crippen LogP contribution in [0.2, 0.25) is 0 Å². The highest BCUT2D eigenvalue weighted by molar-refractivity contribution is 5.91. The molecule has 0 saturated heterocycles. The van der Waals surface area contributed by atoms with Crippen LogP contribution in [0.25, 0.3) is 6.08 Å². The molecule has 1 aliphatic carbocycles. The van der Waals surface area contributed by atoms with E-state index in [1.807, 2.05) is 18.2 Å². The summed E-state index contributed by atoms with van der Waals surface area (Å²) in [5.74, 6) is 1.95. The van der Waals surface area contributed by atoms with Crippen molar-refractivity contribution in [2.75, 3.05) is 20.8 Å². The van der Waals surface area contributed by atoms with Gasteiger partial charge in [-0.3, -0.25) is 4.79 Å². The fourth-order valence-corrected chi connectivity index (χ4v) is 2.82. The third kappa shape index (κ3) is 4.79. The van der Waals surface area contributed by atoms with E-state index in [1.54, 1.807) is 26.4 Å². The van der Waals surface area contributed by atoms with Crippen molar-refractivity contribution in [3.63, 3.8) is 0 Å². The van der Waals surface area contributed by atoms with Gasteiger partial charge >= 0.3 is 0 Å². The van der Waals surface area contributed by atoms with Crippen LogP contribution in [0.5, 0.6) is 11.5 Å². The molecule has 0 aliphatic heterocycles. The van der Waals surface area contributed by atoms with Crippen molar-refractivity contribution in [1.82, 2.24) is 5.32 Å². The maximum Gasteiger partial charge on any atom is 0.244 e. The lowest BCUT2D eigenvalue weighted by molar-refractivity contribution is -0.116.